The minimum absolute atomic E-state index is 0.526. The molecule has 0 radical (unpaired) electrons. The summed E-state index contributed by atoms with van der Waals surface area (Å²) >= 11 is 9.36. The van der Waals surface area contributed by atoms with Crippen molar-refractivity contribution in [2.24, 2.45) is 5.41 Å². The van der Waals surface area contributed by atoms with Crippen molar-refractivity contribution >= 4 is 43.6 Å². The van der Waals surface area contributed by atoms with Gasteiger partial charge in [0, 0.05) is 20.5 Å². The minimum atomic E-state index is 0.526. The van der Waals surface area contributed by atoms with Crippen molar-refractivity contribution in [3.05, 3.63) is 28.7 Å². The molecule has 1 aliphatic rings. The molecule has 94 valence electrons. The van der Waals surface area contributed by atoms with Gasteiger partial charge in [0.25, 0.3) is 0 Å². The van der Waals surface area contributed by atoms with Gasteiger partial charge in [-0.2, -0.15) is 0 Å². The Bertz CT molecular complexity index is 359. The molecule has 2 rings (SSSR count). The van der Waals surface area contributed by atoms with Crippen LogP contribution >= 0.6 is 43.6 Å². The average molecular weight is 378 g/mol. The summed E-state index contributed by atoms with van der Waals surface area (Å²) < 4.78 is 1.23. The van der Waals surface area contributed by atoms with Gasteiger partial charge < -0.3 is 0 Å². The second-order valence-electron chi connectivity index (χ2n) is 4.91. The van der Waals surface area contributed by atoms with E-state index >= 15 is 0 Å². The van der Waals surface area contributed by atoms with Crippen molar-refractivity contribution in [1.82, 2.24) is 0 Å². The summed E-state index contributed by atoms with van der Waals surface area (Å²) in [4.78, 5) is 1.37. The van der Waals surface area contributed by atoms with Gasteiger partial charge in [0.05, 0.1) is 0 Å². The standard InChI is InChI=1S/C14H18Br2S/c15-10-14(8-4-1-5-9-14)11-17-13-7-3-2-6-12(13)16/h2-3,6-7H,1,4-5,8-11H2. The van der Waals surface area contributed by atoms with Gasteiger partial charge in [-0.3, -0.25) is 0 Å². The maximum atomic E-state index is 3.74. The first-order valence-corrected chi connectivity index (χ1v) is 9.09. The fourth-order valence-corrected chi connectivity index (χ4v) is 5.29. The molecule has 0 saturated heterocycles. The lowest BCUT2D eigenvalue weighted by Gasteiger charge is -2.35. The Morgan fingerprint density at radius 1 is 1.12 bits per heavy atom. The zero-order valence-corrected chi connectivity index (χ0v) is 13.9. The largest absolute Gasteiger partial charge is 0.124 e. The molecule has 0 unspecified atom stereocenters. The summed E-state index contributed by atoms with van der Waals surface area (Å²) in [6.45, 7) is 0. The predicted octanol–water partition coefficient (Wildman–Crippen LogP) is 5.89. The Morgan fingerprint density at radius 3 is 2.47 bits per heavy atom. The molecule has 1 saturated carbocycles. The molecule has 0 aliphatic heterocycles. The highest BCUT2D eigenvalue weighted by molar-refractivity contribution is 9.10. The fourth-order valence-electron chi connectivity index (χ4n) is 2.41. The van der Waals surface area contributed by atoms with Crippen LogP contribution in [-0.4, -0.2) is 11.1 Å². The Hall–Kier alpha value is 0.530. The highest BCUT2D eigenvalue weighted by Gasteiger charge is 2.31. The molecule has 0 spiro atoms. The normalized spacial score (nSPS) is 19.2. The smallest absolute Gasteiger partial charge is 0.0311 e. The predicted molar refractivity (Wildman–Crippen MR) is 84.2 cm³/mol. The van der Waals surface area contributed by atoms with Gasteiger partial charge >= 0.3 is 0 Å². The fraction of sp³-hybridized carbons (Fsp3) is 0.571. The van der Waals surface area contributed by atoms with Crippen LogP contribution in [0.1, 0.15) is 32.1 Å². The van der Waals surface area contributed by atoms with E-state index in [0.717, 1.165) is 5.33 Å². The first kappa shape index (κ1) is 14.0. The van der Waals surface area contributed by atoms with Crippen molar-refractivity contribution in [3.63, 3.8) is 0 Å². The summed E-state index contributed by atoms with van der Waals surface area (Å²) in [5, 5.41) is 1.15. The van der Waals surface area contributed by atoms with E-state index in [1.165, 1.54) is 47.2 Å². The SMILES string of the molecule is BrCC1(CSc2ccccc2Br)CCCCC1. The zero-order chi connectivity index (χ0) is 12.1. The molecule has 0 aromatic heterocycles. The van der Waals surface area contributed by atoms with Crippen LogP contribution in [-0.2, 0) is 0 Å². The minimum Gasteiger partial charge on any atom is -0.124 e. The topological polar surface area (TPSA) is 0 Å². The van der Waals surface area contributed by atoms with Gasteiger partial charge in [-0.05, 0) is 46.3 Å². The van der Waals surface area contributed by atoms with Gasteiger partial charge in [0.1, 0.15) is 0 Å². The Balaban J connectivity index is 1.98. The third-order valence-corrected chi connectivity index (χ3v) is 7.14. The molecule has 0 bridgehead atoms. The molecule has 0 heterocycles. The average Bonchev–Trinajstić information content (AvgIpc) is 2.39. The maximum Gasteiger partial charge on any atom is 0.0311 e. The molecule has 0 N–H and O–H groups in total. The number of hydrogen-bond donors (Lipinski definition) is 0. The molecule has 0 atom stereocenters. The van der Waals surface area contributed by atoms with Crippen LogP contribution in [0.3, 0.4) is 0 Å². The number of alkyl halides is 1. The molecule has 0 nitrogen and oxygen atoms in total. The number of benzene rings is 1. The van der Waals surface area contributed by atoms with Crippen LogP contribution in [0, 0.1) is 5.41 Å². The van der Waals surface area contributed by atoms with E-state index in [4.69, 9.17) is 0 Å². The molecule has 1 fully saturated rings. The third-order valence-electron chi connectivity index (χ3n) is 3.57. The summed E-state index contributed by atoms with van der Waals surface area (Å²) in [6.07, 6.45) is 7.00. The molecule has 0 amide bonds. The lowest BCUT2D eigenvalue weighted by atomic mass is 9.77. The van der Waals surface area contributed by atoms with Gasteiger partial charge in [-0.25, -0.2) is 0 Å². The van der Waals surface area contributed by atoms with Gasteiger partial charge in [0.2, 0.25) is 0 Å². The Kier molecular flexibility index (Phi) is 5.44. The lowest BCUT2D eigenvalue weighted by Crippen LogP contribution is -2.28. The summed E-state index contributed by atoms with van der Waals surface area (Å²) in [5.74, 6) is 1.24. The van der Waals surface area contributed by atoms with Crippen LogP contribution < -0.4 is 0 Å². The first-order chi connectivity index (χ1) is 8.26. The second-order valence-corrected chi connectivity index (χ2v) is 7.35. The van der Waals surface area contributed by atoms with Crippen molar-refractivity contribution in [3.8, 4) is 0 Å². The van der Waals surface area contributed by atoms with Gasteiger partial charge in [-0.15, -0.1) is 11.8 Å². The summed E-state index contributed by atoms with van der Waals surface area (Å²) in [5.41, 5.74) is 0.526. The van der Waals surface area contributed by atoms with Gasteiger partial charge in [-0.1, -0.05) is 47.3 Å². The van der Waals surface area contributed by atoms with E-state index in [0.29, 0.717) is 5.41 Å². The van der Waals surface area contributed by atoms with Crippen LogP contribution in [0.5, 0.6) is 0 Å². The van der Waals surface area contributed by atoms with E-state index in [1.807, 2.05) is 11.8 Å². The number of hydrogen-bond acceptors (Lipinski definition) is 1. The highest BCUT2D eigenvalue weighted by Crippen LogP contribution is 2.42. The van der Waals surface area contributed by atoms with Crippen LogP contribution in [0.15, 0.2) is 33.6 Å². The molecule has 1 aromatic rings. The molecular weight excluding hydrogens is 360 g/mol. The number of thioether (sulfide) groups is 1. The van der Waals surface area contributed by atoms with E-state index in [1.54, 1.807) is 0 Å². The van der Waals surface area contributed by atoms with Crippen molar-refractivity contribution in [1.29, 1.82) is 0 Å². The summed E-state index contributed by atoms with van der Waals surface area (Å²) in [7, 11) is 0. The molecular formula is C14H18Br2S. The number of halogens is 2. The number of rotatable bonds is 4. The molecule has 1 aromatic carbocycles. The molecule has 17 heavy (non-hydrogen) atoms. The summed E-state index contributed by atoms with van der Waals surface area (Å²) in [6, 6.07) is 8.54. The first-order valence-electron chi connectivity index (χ1n) is 6.19. The van der Waals surface area contributed by atoms with Crippen molar-refractivity contribution in [2.75, 3.05) is 11.1 Å². The van der Waals surface area contributed by atoms with E-state index in [2.05, 4.69) is 56.1 Å². The van der Waals surface area contributed by atoms with Crippen molar-refractivity contribution < 1.29 is 0 Å². The van der Waals surface area contributed by atoms with Crippen LogP contribution in [0.4, 0.5) is 0 Å². The van der Waals surface area contributed by atoms with Crippen LogP contribution in [0.2, 0.25) is 0 Å². The van der Waals surface area contributed by atoms with Crippen molar-refractivity contribution in [2.45, 2.75) is 37.0 Å². The maximum absolute atomic E-state index is 3.74. The zero-order valence-electron chi connectivity index (χ0n) is 9.92. The van der Waals surface area contributed by atoms with E-state index in [9.17, 15) is 0 Å². The quantitative estimate of drug-likeness (QED) is 0.465. The highest BCUT2D eigenvalue weighted by atomic mass is 79.9. The second kappa shape index (κ2) is 6.63. The van der Waals surface area contributed by atoms with Gasteiger partial charge in [0.15, 0.2) is 0 Å². The Labute approximate surface area is 125 Å². The Morgan fingerprint density at radius 2 is 1.82 bits per heavy atom. The third kappa shape index (κ3) is 3.74. The molecule has 3 heteroatoms. The lowest BCUT2D eigenvalue weighted by molar-refractivity contribution is 0.260. The van der Waals surface area contributed by atoms with Crippen LogP contribution in [0.25, 0.3) is 0 Å². The van der Waals surface area contributed by atoms with E-state index < -0.39 is 0 Å². The van der Waals surface area contributed by atoms with E-state index in [-0.39, 0.29) is 0 Å². The monoisotopic (exact) mass is 376 g/mol. The molecule has 1 aliphatic carbocycles.